The standard InChI is InChI=1S/C14H12Cl2FN/c15-11-3-4-12(13(16)8-11)10-2-1-9(5-6-18)14(17)7-10/h1-4,7-8H,5-6,18H2. The van der Waals surface area contributed by atoms with Crippen LogP contribution in [0, 0.1) is 5.82 Å². The minimum atomic E-state index is -0.260. The third-order valence-corrected chi connectivity index (χ3v) is 3.26. The highest BCUT2D eigenvalue weighted by atomic mass is 35.5. The third kappa shape index (κ3) is 2.83. The number of rotatable bonds is 3. The van der Waals surface area contributed by atoms with Gasteiger partial charge in [0.05, 0.1) is 0 Å². The van der Waals surface area contributed by atoms with Crippen molar-refractivity contribution in [2.45, 2.75) is 6.42 Å². The number of benzene rings is 2. The van der Waals surface area contributed by atoms with E-state index in [-0.39, 0.29) is 5.82 Å². The van der Waals surface area contributed by atoms with Crippen LogP contribution in [0.1, 0.15) is 5.56 Å². The molecular formula is C14H12Cl2FN. The van der Waals surface area contributed by atoms with Crippen LogP contribution < -0.4 is 5.73 Å². The fourth-order valence-electron chi connectivity index (χ4n) is 1.80. The third-order valence-electron chi connectivity index (χ3n) is 2.71. The SMILES string of the molecule is NCCc1ccc(-c2ccc(Cl)cc2Cl)cc1F. The Morgan fingerprint density at radius 1 is 1.06 bits per heavy atom. The van der Waals surface area contributed by atoms with Gasteiger partial charge in [0.25, 0.3) is 0 Å². The summed E-state index contributed by atoms with van der Waals surface area (Å²) in [6.45, 7) is 0.429. The van der Waals surface area contributed by atoms with Gasteiger partial charge in [0.2, 0.25) is 0 Å². The number of hydrogen-bond donors (Lipinski definition) is 1. The first kappa shape index (κ1) is 13.3. The summed E-state index contributed by atoms with van der Waals surface area (Å²) in [6.07, 6.45) is 0.528. The molecule has 2 rings (SSSR count). The first-order chi connectivity index (χ1) is 8.61. The summed E-state index contributed by atoms with van der Waals surface area (Å²) in [6, 6.07) is 10.2. The van der Waals surface area contributed by atoms with Gasteiger partial charge in [-0.15, -0.1) is 0 Å². The largest absolute Gasteiger partial charge is 0.330 e. The van der Waals surface area contributed by atoms with Crippen LogP contribution in [0.15, 0.2) is 36.4 Å². The van der Waals surface area contributed by atoms with Gasteiger partial charge in [-0.1, -0.05) is 41.4 Å². The molecule has 4 heteroatoms. The highest BCUT2D eigenvalue weighted by Gasteiger charge is 2.08. The lowest BCUT2D eigenvalue weighted by Crippen LogP contribution is -2.04. The summed E-state index contributed by atoms with van der Waals surface area (Å²) in [5.41, 5.74) is 7.53. The van der Waals surface area contributed by atoms with E-state index in [9.17, 15) is 4.39 Å². The Labute approximate surface area is 115 Å². The molecule has 0 radical (unpaired) electrons. The fourth-order valence-corrected chi connectivity index (χ4v) is 2.31. The molecule has 0 aliphatic rings. The Kier molecular flexibility index (Phi) is 4.23. The Balaban J connectivity index is 2.42. The topological polar surface area (TPSA) is 26.0 Å². The Bertz CT molecular complexity index is 570. The van der Waals surface area contributed by atoms with Crippen molar-refractivity contribution >= 4 is 23.2 Å². The highest BCUT2D eigenvalue weighted by molar-refractivity contribution is 6.36. The summed E-state index contributed by atoms with van der Waals surface area (Å²) in [4.78, 5) is 0. The van der Waals surface area contributed by atoms with E-state index in [1.165, 1.54) is 6.07 Å². The van der Waals surface area contributed by atoms with Crippen molar-refractivity contribution in [3.8, 4) is 11.1 Å². The van der Waals surface area contributed by atoms with E-state index >= 15 is 0 Å². The molecule has 0 saturated heterocycles. The van der Waals surface area contributed by atoms with E-state index in [0.29, 0.717) is 28.6 Å². The van der Waals surface area contributed by atoms with Crippen molar-refractivity contribution in [2.75, 3.05) is 6.54 Å². The Morgan fingerprint density at radius 2 is 1.83 bits per heavy atom. The number of halogens is 3. The first-order valence-corrected chi connectivity index (χ1v) is 6.31. The minimum absolute atomic E-state index is 0.260. The molecule has 1 nitrogen and oxygen atoms in total. The van der Waals surface area contributed by atoms with Gasteiger partial charge in [0.15, 0.2) is 0 Å². The Hall–Kier alpha value is -1.09. The van der Waals surface area contributed by atoms with Gasteiger partial charge in [-0.3, -0.25) is 0 Å². The van der Waals surface area contributed by atoms with Crippen LogP contribution in [-0.4, -0.2) is 6.54 Å². The monoisotopic (exact) mass is 283 g/mol. The molecule has 0 aliphatic heterocycles. The molecule has 0 fully saturated rings. The van der Waals surface area contributed by atoms with Gasteiger partial charge in [0, 0.05) is 15.6 Å². The minimum Gasteiger partial charge on any atom is -0.330 e. The van der Waals surface area contributed by atoms with Crippen molar-refractivity contribution in [2.24, 2.45) is 5.73 Å². The van der Waals surface area contributed by atoms with Gasteiger partial charge in [-0.2, -0.15) is 0 Å². The van der Waals surface area contributed by atoms with E-state index in [2.05, 4.69) is 0 Å². The maximum atomic E-state index is 13.8. The highest BCUT2D eigenvalue weighted by Crippen LogP contribution is 2.31. The van der Waals surface area contributed by atoms with Crippen LogP contribution in [0.5, 0.6) is 0 Å². The van der Waals surface area contributed by atoms with Crippen LogP contribution in [0.2, 0.25) is 10.0 Å². The van der Waals surface area contributed by atoms with E-state index in [1.807, 2.05) is 6.07 Å². The zero-order valence-electron chi connectivity index (χ0n) is 9.59. The summed E-state index contributed by atoms with van der Waals surface area (Å²) in [5, 5.41) is 1.07. The molecule has 0 spiro atoms. The number of nitrogens with two attached hydrogens (primary N) is 1. The average Bonchev–Trinajstić information content (AvgIpc) is 2.32. The summed E-state index contributed by atoms with van der Waals surface area (Å²) in [5.74, 6) is -0.260. The van der Waals surface area contributed by atoms with Crippen LogP contribution in [-0.2, 0) is 6.42 Å². The molecule has 18 heavy (non-hydrogen) atoms. The van der Waals surface area contributed by atoms with Crippen LogP contribution in [0.3, 0.4) is 0 Å². The number of hydrogen-bond acceptors (Lipinski definition) is 1. The molecule has 2 N–H and O–H groups in total. The molecule has 0 atom stereocenters. The normalized spacial score (nSPS) is 10.7. The quantitative estimate of drug-likeness (QED) is 0.893. The molecule has 0 heterocycles. The molecule has 94 valence electrons. The average molecular weight is 284 g/mol. The lowest BCUT2D eigenvalue weighted by molar-refractivity contribution is 0.610. The molecule has 2 aromatic carbocycles. The molecule has 2 aromatic rings. The Morgan fingerprint density at radius 3 is 2.44 bits per heavy atom. The van der Waals surface area contributed by atoms with Crippen LogP contribution in [0.25, 0.3) is 11.1 Å². The van der Waals surface area contributed by atoms with E-state index in [4.69, 9.17) is 28.9 Å². The second kappa shape index (κ2) is 5.70. The zero-order valence-corrected chi connectivity index (χ0v) is 11.1. The maximum absolute atomic E-state index is 13.8. The van der Waals surface area contributed by atoms with Crippen LogP contribution >= 0.6 is 23.2 Å². The second-order valence-corrected chi connectivity index (χ2v) is 4.81. The van der Waals surface area contributed by atoms with Crippen molar-refractivity contribution in [3.63, 3.8) is 0 Å². The van der Waals surface area contributed by atoms with E-state index < -0.39 is 0 Å². The smallest absolute Gasteiger partial charge is 0.127 e. The summed E-state index contributed by atoms with van der Waals surface area (Å²) in [7, 11) is 0. The van der Waals surface area contributed by atoms with Gasteiger partial charge in [-0.05, 0) is 42.3 Å². The second-order valence-electron chi connectivity index (χ2n) is 3.97. The maximum Gasteiger partial charge on any atom is 0.127 e. The predicted octanol–water partition coefficient (Wildman–Crippen LogP) is 4.30. The lowest BCUT2D eigenvalue weighted by Gasteiger charge is -2.07. The lowest BCUT2D eigenvalue weighted by atomic mass is 10.0. The van der Waals surface area contributed by atoms with Gasteiger partial charge < -0.3 is 5.73 Å². The molecule has 0 saturated carbocycles. The molecular weight excluding hydrogens is 272 g/mol. The van der Waals surface area contributed by atoms with E-state index in [1.54, 1.807) is 24.3 Å². The van der Waals surface area contributed by atoms with Crippen molar-refractivity contribution in [1.29, 1.82) is 0 Å². The van der Waals surface area contributed by atoms with Gasteiger partial charge in [-0.25, -0.2) is 4.39 Å². The van der Waals surface area contributed by atoms with Gasteiger partial charge in [0.1, 0.15) is 5.82 Å². The molecule has 0 aromatic heterocycles. The summed E-state index contributed by atoms with van der Waals surface area (Å²) >= 11 is 11.9. The van der Waals surface area contributed by atoms with Crippen molar-refractivity contribution in [3.05, 3.63) is 57.8 Å². The molecule has 0 unspecified atom stereocenters. The molecule has 0 aliphatic carbocycles. The van der Waals surface area contributed by atoms with Crippen LogP contribution in [0.4, 0.5) is 4.39 Å². The zero-order chi connectivity index (χ0) is 13.1. The van der Waals surface area contributed by atoms with Gasteiger partial charge >= 0.3 is 0 Å². The van der Waals surface area contributed by atoms with Crippen molar-refractivity contribution in [1.82, 2.24) is 0 Å². The predicted molar refractivity (Wildman–Crippen MR) is 74.6 cm³/mol. The summed E-state index contributed by atoms with van der Waals surface area (Å²) < 4.78 is 13.8. The van der Waals surface area contributed by atoms with E-state index in [0.717, 1.165) is 11.1 Å². The van der Waals surface area contributed by atoms with Crippen molar-refractivity contribution < 1.29 is 4.39 Å². The fraction of sp³-hybridized carbons (Fsp3) is 0.143. The molecule has 0 amide bonds. The first-order valence-electron chi connectivity index (χ1n) is 5.55. The molecule has 0 bridgehead atoms.